The van der Waals surface area contributed by atoms with Crippen molar-refractivity contribution in [3.63, 3.8) is 0 Å². The number of benzene rings is 2. The largest absolute Gasteiger partial charge is 0.489 e. The SMILES string of the molecule is Nc1ccccc1CCC(=O)O[C@@H](Cc1c(Cl)cncc1Cl)c1ccc(OC(F)F)c(OCC2CC2)c1. The van der Waals surface area contributed by atoms with Gasteiger partial charge in [0.25, 0.3) is 0 Å². The molecule has 1 saturated carbocycles. The maximum Gasteiger partial charge on any atom is 0.387 e. The van der Waals surface area contributed by atoms with E-state index in [0.29, 0.717) is 45.8 Å². The summed E-state index contributed by atoms with van der Waals surface area (Å²) in [6.07, 6.45) is 4.73. The summed E-state index contributed by atoms with van der Waals surface area (Å²) in [7, 11) is 0. The Hall–Kier alpha value is -3.10. The van der Waals surface area contributed by atoms with Crippen LogP contribution in [0.3, 0.4) is 0 Å². The highest BCUT2D eigenvalue weighted by Gasteiger charge is 2.26. The van der Waals surface area contributed by atoms with E-state index < -0.39 is 18.7 Å². The monoisotopic (exact) mass is 550 g/mol. The molecule has 1 heterocycles. The molecule has 37 heavy (non-hydrogen) atoms. The number of ether oxygens (including phenoxy) is 3. The molecule has 1 aromatic heterocycles. The molecule has 0 amide bonds. The number of hydrogen-bond acceptors (Lipinski definition) is 6. The first kappa shape index (κ1) is 26.9. The second kappa shape index (κ2) is 12.4. The van der Waals surface area contributed by atoms with Crippen LogP contribution in [0.1, 0.15) is 42.1 Å². The van der Waals surface area contributed by atoms with Crippen LogP contribution in [0.25, 0.3) is 0 Å². The topological polar surface area (TPSA) is 83.7 Å². The van der Waals surface area contributed by atoms with Crippen molar-refractivity contribution >= 4 is 34.9 Å². The molecule has 3 aromatic rings. The van der Waals surface area contributed by atoms with Crippen molar-refractivity contribution in [2.24, 2.45) is 5.92 Å². The fourth-order valence-corrected chi connectivity index (χ4v) is 4.30. The van der Waals surface area contributed by atoms with E-state index in [1.807, 2.05) is 18.2 Å². The van der Waals surface area contributed by atoms with E-state index in [2.05, 4.69) is 9.72 Å². The van der Waals surface area contributed by atoms with E-state index in [9.17, 15) is 13.6 Å². The van der Waals surface area contributed by atoms with E-state index in [4.69, 9.17) is 38.4 Å². The van der Waals surface area contributed by atoms with Crippen molar-refractivity contribution in [1.82, 2.24) is 4.98 Å². The number of anilines is 1. The van der Waals surface area contributed by atoms with Gasteiger partial charge in [-0.1, -0.05) is 47.5 Å². The number of pyridine rings is 1. The molecule has 1 fully saturated rings. The third-order valence-electron chi connectivity index (χ3n) is 6.00. The lowest BCUT2D eigenvalue weighted by molar-refractivity contribution is -0.149. The maximum atomic E-state index is 13.0. The van der Waals surface area contributed by atoms with Gasteiger partial charge in [0.15, 0.2) is 11.5 Å². The smallest absolute Gasteiger partial charge is 0.387 e. The van der Waals surface area contributed by atoms with Crippen LogP contribution >= 0.6 is 23.2 Å². The van der Waals surface area contributed by atoms with Crippen molar-refractivity contribution in [2.45, 2.75) is 44.8 Å². The first-order chi connectivity index (χ1) is 17.8. The standard InChI is InChI=1S/C27H26Cl2F2N2O4/c28-20-13-33-14-21(29)19(20)12-24(36-26(34)10-8-17-3-1-2-4-22(17)32)18-7-9-23(37-27(30)31)25(11-18)35-15-16-5-6-16/h1-4,7,9,11,13-14,16,24,27H,5-6,8,10,12,15,32H2/t24-/m0/s1. The van der Waals surface area contributed by atoms with Crippen LogP contribution in [0.15, 0.2) is 54.9 Å². The Morgan fingerprint density at radius 3 is 2.49 bits per heavy atom. The maximum absolute atomic E-state index is 13.0. The first-order valence-corrected chi connectivity index (χ1v) is 12.6. The molecule has 0 radical (unpaired) electrons. The van der Waals surface area contributed by atoms with Crippen molar-refractivity contribution in [2.75, 3.05) is 12.3 Å². The Morgan fingerprint density at radius 1 is 1.08 bits per heavy atom. The van der Waals surface area contributed by atoms with Gasteiger partial charge < -0.3 is 19.9 Å². The van der Waals surface area contributed by atoms with Gasteiger partial charge in [-0.25, -0.2) is 0 Å². The number of halogens is 4. The van der Waals surface area contributed by atoms with E-state index in [1.165, 1.54) is 18.5 Å². The number of aromatic nitrogens is 1. The normalized spacial score (nSPS) is 13.9. The Labute approximate surface area is 223 Å². The van der Waals surface area contributed by atoms with Gasteiger partial charge in [0.05, 0.1) is 16.7 Å². The van der Waals surface area contributed by atoms with Gasteiger partial charge in [0, 0.05) is 30.9 Å². The highest BCUT2D eigenvalue weighted by atomic mass is 35.5. The molecule has 10 heteroatoms. The number of carbonyl (C=O) groups excluding carboxylic acids is 1. The molecule has 196 valence electrons. The Balaban J connectivity index is 1.59. The Morgan fingerprint density at radius 2 is 1.81 bits per heavy atom. The molecule has 1 atom stereocenters. The minimum atomic E-state index is -3.01. The zero-order valence-electron chi connectivity index (χ0n) is 19.8. The molecule has 1 aliphatic rings. The van der Waals surface area contributed by atoms with E-state index in [0.717, 1.165) is 18.4 Å². The third kappa shape index (κ3) is 7.69. The highest BCUT2D eigenvalue weighted by molar-refractivity contribution is 6.35. The first-order valence-electron chi connectivity index (χ1n) is 11.8. The highest BCUT2D eigenvalue weighted by Crippen LogP contribution is 2.38. The van der Waals surface area contributed by atoms with Crippen LogP contribution < -0.4 is 15.2 Å². The summed E-state index contributed by atoms with van der Waals surface area (Å²) < 4.78 is 42.3. The lowest BCUT2D eigenvalue weighted by atomic mass is 10.0. The fourth-order valence-electron chi connectivity index (χ4n) is 3.79. The zero-order chi connectivity index (χ0) is 26.4. The molecule has 0 unspecified atom stereocenters. The van der Waals surface area contributed by atoms with Gasteiger partial charge in [-0.3, -0.25) is 9.78 Å². The number of esters is 1. The number of alkyl halides is 2. The minimum Gasteiger partial charge on any atom is -0.489 e. The number of aryl methyl sites for hydroxylation is 1. The summed E-state index contributed by atoms with van der Waals surface area (Å²) in [5, 5.41) is 0.627. The Kier molecular flexibility index (Phi) is 9.05. The molecule has 6 nitrogen and oxygen atoms in total. The van der Waals surface area contributed by atoms with Gasteiger partial charge >= 0.3 is 12.6 Å². The number of carbonyl (C=O) groups is 1. The summed E-state index contributed by atoms with van der Waals surface area (Å²) >= 11 is 12.7. The molecule has 0 spiro atoms. The average Bonchev–Trinajstić information content (AvgIpc) is 3.69. The van der Waals surface area contributed by atoms with Crippen LogP contribution in [0.5, 0.6) is 11.5 Å². The van der Waals surface area contributed by atoms with Crippen molar-refractivity contribution in [3.8, 4) is 11.5 Å². The van der Waals surface area contributed by atoms with Gasteiger partial charge in [0.1, 0.15) is 6.10 Å². The molecule has 0 aliphatic heterocycles. The number of nitrogen functional groups attached to an aromatic ring is 1. The van der Waals surface area contributed by atoms with Crippen LogP contribution in [0.2, 0.25) is 10.0 Å². The molecule has 4 rings (SSSR count). The Bertz CT molecular complexity index is 1220. The van der Waals surface area contributed by atoms with Gasteiger partial charge in [-0.2, -0.15) is 8.78 Å². The number of nitrogens with two attached hydrogens (primary N) is 1. The molecular formula is C27H26Cl2F2N2O4. The molecular weight excluding hydrogens is 525 g/mol. The number of hydrogen-bond donors (Lipinski definition) is 1. The molecule has 2 N–H and O–H groups in total. The van der Waals surface area contributed by atoms with E-state index >= 15 is 0 Å². The summed E-state index contributed by atoms with van der Waals surface area (Å²) in [4.78, 5) is 16.9. The quantitative estimate of drug-likeness (QED) is 0.197. The summed E-state index contributed by atoms with van der Waals surface area (Å²) in [6.45, 7) is -2.63. The predicted molar refractivity (Wildman–Crippen MR) is 137 cm³/mol. The predicted octanol–water partition coefficient (Wildman–Crippen LogP) is 6.82. The molecule has 0 saturated heterocycles. The molecule has 0 bridgehead atoms. The lowest BCUT2D eigenvalue weighted by Crippen LogP contribution is -2.16. The zero-order valence-corrected chi connectivity index (χ0v) is 21.4. The van der Waals surface area contributed by atoms with Crippen molar-refractivity contribution in [3.05, 3.63) is 81.6 Å². The minimum absolute atomic E-state index is 0.0835. The van der Waals surface area contributed by atoms with Gasteiger partial charge in [-0.05, 0) is 60.1 Å². The fraction of sp³-hybridized carbons (Fsp3) is 0.333. The number of nitrogens with zero attached hydrogens (tertiary/aromatic N) is 1. The summed E-state index contributed by atoms with van der Waals surface area (Å²) in [5.74, 6) is -0.0295. The van der Waals surface area contributed by atoms with Crippen molar-refractivity contribution in [1.29, 1.82) is 0 Å². The van der Waals surface area contributed by atoms with Gasteiger partial charge in [0.2, 0.25) is 0 Å². The van der Waals surface area contributed by atoms with E-state index in [1.54, 1.807) is 18.2 Å². The number of rotatable bonds is 12. The van der Waals surface area contributed by atoms with E-state index in [-0.39, 0.29) is 24.3 Å². The second-order valence-corrected chi connectivity index (χ2v) is 9.62. The van der Waals surface area contributed by atoms with Crippen LogP contribution in [0.4, 0.5) is 14.5 Å². The van der Waals surface area contributed by atoms with Crippen LogP contribution in [-0.4, -0.2) is 24.2 Å². The number of para-hydroxylation sites is 1. The average molecular weight is 551 g/mol. The van der Waals surface area contributed by atoms with Gasteiger partial charge in [-0.15, -0.1) is 0 Å². The lowest BCUT2D eigenvalue weighted by Gasteiger charge is -2.21. The van der Waals surface area contributed by atoms with Crippen LogP contribution in [-0.2, 0) is 22.4 Å². The summed E-state index contributed by atoms with van der Waals surface area (Å²) in [6, 6.07) is 11.8. The molecule has 1 aliphatic carbocycles. The molecule has 2 aromatic carbocycles. The second-order valence-electron chi connectivity index (χ2n) is 8.80. The van der Waals surface area contributed by atoms with Crippen molar-refractivity contribution < 1.29 is 27.8 Å². The van der Waals surface area contributed by atoms with Crippen LogP contribution in [0, 0.1) is 5.92 Å². The third-order valence-corrected chi connectivity index (χ3v) is 6.65. The summed E-state index contributed by atoms with van der Waals surface area (Å²) in [5.41, 5.74) is 8.47.